The first-order chi connectivity index (χ1) is 9.71. The van der Waals surface area contributed by atoms with Gasteiger partial charge in [0.2, 0.25) is 10.0 Å². The van der Waals surface area contributed by atoms with Crippen LogP contribution in [0.4, 0.5) is 0 Å². The first-order valence-corrected chi connectivity index (χ1v) is 7.86. The van der Waals surface area contributed by atoms with E-state index < -0.39 is 34.7 Å². The zero-order valence-electron chi connectivity index (χ0n) is 11.2. The SMILES string of the molecule is CCC(CO)(CO)NS(=O)(=O)c1ccc(C(=O)O)c(Cl)c1. The van der Waals surface area contributed by atoms with Crippen LogP contribution in [0.5, 0.6) is 0 Å². The first-order valence-electron chi connectivity index (χ1n) is 6.00. The Balaban J connectivity index is 3.20. The largest absolute Gasteiger partial charge is 0.478 e. The standard InChI is InChI=1S/C12H16ClNO6S/c1-2-12(6-15,7-16)14-21(19,20)8-3-4-9(11(17)18)10(13)5-8/h3-5,14-16H,2,6-7H2,1H3,(H,17,18). The Morgan fingerprint density at radius 1 is 1.33 bits per heavy atom. The third-order valence-corrected chi connectivity index (χ3v) is 5.00. The van der Waals surface area contributed by atoms with Gasteiger partial charge in [0.1, 0.15) is 0 Å². The number of carboxylic acids is 1. The second kappa shape index (κ2) is 6.71. The van der Waals surface area contributed by atoms with Gasteiger partial charge in [0, 0.05) is 0 Å². The average molecular weight is 338 g/mol. The Morgan fingerprint density at radius 2 is 1.90 bits per heavy atom. The normalized spacial score (nSPS) is 12.4. The van der Waals surface area contributed by atoms with Crippen molar-refractivity contribution in [3.63, 3.8) is 0 Å². The predicted octanol–water partition coefficient (Wildman–Crippen LogP) is 0.450. The summed E-state index contributed by atoms with van der Waals surface area (Å²) in [5.74, 6) is -1.27. The Morgan fingerprint density at radius 3 is 2.29 bits per heavy atom. The minimum Gasteiger partial charge on any atom is -0.478 e. The molecule has 0 aliphatic heterocycles. The zero-order valence-corrected chi connectivity index (χ0v) is 12.8. The summed E-state index contributed by atoms with van der Waals surface area (Å²) in [5.41, 5.74) is -1.61. The van der Waals surface area contributed by atoms with Gasteiger partial charge in [-0.1, -0.05) is 18.5 Å². The number of hydrogen-bond donors (Lipinski definition) is 4. The van der Waals surface area contributed by atoms with Crippen molar-refractivity contribution in [1.82, 2.24) is 4.72 Å². The number of nitrogens with one attached hydrogen (secondary N) is 1. The van der Waals surface area contributed by atoms with E-state index in [2.05, 4.69) is 4.72 Å². The number of carbonyl (C=O) groups is 1. The van der Waals surface area contributed by atoms with E-state index in [1.54, 1.807) is 6.92 Å². The molecule has 0 bridgehead atoms. The Bertz CT molecular complexity index is 618. The van der Waals surface area contributed by atoms with E-state index in [-0.39, 0.29) is 21.9 Å². The monoisotopic (exact) mass is 337 g/mol. The number of aliphatic hydroxyl groups is 2. The quantitative estimate of drug-likeness (QED) is 0.572. The third-order valence-electron chi connectivity index (χ3n) is 3.11. The molecule has 21 heavy (non-hydrogen) atoms. The lowest BCUT2D eigenvalue weighted by Gasteiger charge is -2.29. The highest BCUT2D eigenvalue weighted by atomic mass is 35.5. The molecule has 0 atom stereocenters. The summed E-state index contributed by atoms with van der Waals surface area (Å²) < 4.78 is 26.7. The van der Waals surface area contributed by atoms with E-state index in [9.17, 15) is 23.4 Å². The number of benzene rings is 1. The van der Waals surface area contributed by atoms with Crippen molar-refractivity contribution in [2.24, 2.45) is 0 Å². The Labute approximate surface area is 127 Å². The van der Waals surface area contributed by atoms with Gasteiger partial charge in [0.25, 0.3) is 0 Å². The molecule has 0 fully saturated rings. The zero-order chi connectivity index (χ0) is 16.3. The Hall–Kier alpha value is -1.19. The highest BCUT2D eigenvalue weighted by Crippen LogP contribution is 2.22. The van der Waals surface area contributed by atoms with Crippen LogP contribution in [0.2, 0.25) is 5.02 Å². The maximum atomic E-state index is 12.2. The maximum absolute atomic E-state index is 12.2. The van der Waals surface area contributed by atoms with E-state index >= 15 is 0 Å². The fourth-order valence-electron chi connectivity index (χ4n) is 1.59. The molecule has 1 aromatic carbocycles. The third kappa shape index (κ3) is 3.92. The van der Waals surface area contributed by atoms with Crippen LogP contribution in [-0.2, 0) is 10.0 Å². The summed E-state index contributed by atoms with van der Waals surface area (Å²) in [6.45, 7) is 0.440. The molecule has 0 radical (unpaired) electrons. The summed E-state index contributed by atoms with van der Waals surface area (Å²) in [6, 6.07) is 3.17. The first kappa shape index (κ1) is 17.9. The van der Waals surface area contributed by atoms with Gasteiger partial charge in [-0.25, -0.2) is 17.9 Å². The van der Waals surface area contributed by atoms with Crippen molar-refractivity contribution in [2.45, 2.75) is 23.8 Å². The second-order valence-corrected chi connectivity index (χ2v) is 6.59. The molecule has 0 saturated carbocycles. The van der Waals surface area contributed by atoms with Crippen molar-refractivity contribution in [3.8, 4) is 0 Å². The smallest absolute Gasteiger partial charge is 0.337 e. The summed E-state index contributed by atoms with van der Waals surface area (Å²) in [5, 5.41) is 27.2. The van der Waals surface area contributed by atoms with Crippen molar-refractivity contribution >= 4 is 27.6 Å². The molecule has 0 aromatic heterocycles. The van der Waals surface area contributed by atoms with Crippen LogP contribution in [0, 0.1) is 0 Å². The number of aromatic carboxylic acids is 1. The molecular weight excluding hydrogens is 322 g/mol. The van der Waals surface area contributed by atoms with Gasteiger partial charge in [-0.05, 0) is 24.6 Å². The highest BCUT2D eigenvalue weighted by Gasteiger charge is 2.33. The van der Waals surface area contributed by atoms with Gasteiger partial charge in [-0.15, -0.1) is 0 Å². The Kier molecular flexibility index (Phi) is 5.71. The van der Waals surface area contributed by atoms with Crippen LogP contribution in [0.3, 0.4) is 0 Å². The molecule has 1 aromatic rings. The van der Waals surface area contributed by atoms with Gasteiger partial charge in [-0.2, -0.15) is 0 Å². The van der Waals surface area contributed by atoms with Crippen LogP contribution in [0.15, 0.2) is 23.1 Å². The molecule has 0 unspecified atom stereocenters. The molecular formula is C12H16ClNO6S. The molecule has 0 aliphatic carbocycles. The number of carboxylic acid groups (broad SMARTS) is 1. The van der Waals surface area contributed by atoms with E-state index in [4.69, 9.17) is 16.7 Å². The number of sulfonamides is 1. The topological polar surface area (TPSA) is 124 Å². The number of aliphatic hydroxyl groups excluding tert-OH is 2. The summed E-state index contributed by atoms with van der Waals surface area (Å²) >= 11 is 5.73. The summed E-state index contributed by atoms with van der Waals surface area (Å²) in [7, 11) is -4.07. The van der Waals surface area contributed by atoms with E-state index in [0.29, 0.717) is 0 Å². The summed E-state index contributed by atoms with van der Waals surface area (Å²) in [4.78, 5) is 10.6. The van der Waals surface area contributed by atoms with Crippen molar-refractivity contribution in [2.75, 3.05) is 13.2 Å². The second-order valence-electron chi connectivity index (χ2n) is 4.50. The molecule has 0 aliphatic rings. The van der Waals surface area contributed by atoms with Crippen LogP contribution < -0.4 is 4.72 Å². The fraction of sp³-hybridized carbons (Fsp3) is 0.417. The van der Waals surface area contributed by atoms with Crippen molar-refractivity contribution in [1.29, 1.82) is 0 Å². The summed E-state index contributed by atoms with van der Waals surface area (Å²) in [6.07, 6.45) is 0.167. The molecule has 0 spiro atoms. The molecule has 0 amide bonds. The van der Waals surface area contributed by atoms with Gasteiger partial charge in [0.15, 0.2) is 0 Å². The average Bonchev–Trinajstić information content (AvgIpc) is 2.44. The fourth-order valence-corrected chi connectivity index (χ4v) is 3.40. The predicted molar refractivity (Wildman–Crippen MR) is 75.9 cm³/mol. The lowest BCUT2D eigenvalue weighted by atomic mass is 10.0. The van der Waals surface area contributed by atoms with Crippen molar-refractivity contribution < 1.29 is 28.5 Å². The molecule has 9 heteroatoms. The minimum atomic E-state index is -4.07. The molecule has 1 rings (SSSR count). The number of hydrogen-bond acceptors (Lipinski definition) is 5. The van der Waals surface area contributed by atoms with Crippen molar-refractivity contribution in [3.05, 3.63) is 28.8 Å². The molecule has 7 nitrogen and oxygen atoms in total. The minimum absolute atomic E-state index is 0.167. The van der Waals surface area contributed by atoms with E-state index in [0.717, 1.165) is 18.2 Å². The lowest BCUT2D eigenvalue weighted by Crippen LogP contribution is -2.53. The van der Waals surface area contributed by atoms with Gasteiger partial charge in [-0.3, -0.25) is 0 Å². The molecule has 4 N–H and O–H groups in total. The molecule has 0 heterocycles. The van der Waals surface area contributed by atoms with Crippen LogP contribution in [0.1, 0.15) is 23.7 Å². The molecule has 118 valence electrons. The molecule has 0 saturated heterocycles. The number of halogens is 1. The number of rotatable bonds is 7. The van der Waals surface area contributed by atoms with Gasteiger partial charge in [0.05, 0.1) is 34.2 Å². The van der Waals surface area contributed by atoms with Gasteiger partial charge < -0.3 is 15.3 Å². The highest BCUT2D eigenvalue weighted by molar-refractivity contribution is 7.89. The van der Waals surface area contributed by atoms with Crippen LogP contribution in [0.25, 0.3) is 0 Å². The lowest BCUT2D eigenvalue weighted by molar-refractivity contribution is 0.0697. The van der Waals surface area contributed by atoms with Gasteiger partial charge >= 0.3 is 5.97 Å². The van der Waals surface area contributed by atoms with Crippen LogP contribution >= 0.6 is 11.6 Å². The van der Waals surface area contributed by atoms with E-state index in [1.807, 2.05) is 0 Å². The van der Waals surface area contributed by atoms with E-state index in [1.165, 1.54) is 0 Å². The van der Waals surface area contributed by atoms with Crippen LogP contribution in [-0.4, -0.2) is 48.5 Å². The maximum Gasteiger partial charge on any atom is 0.337 e.